The Morgan fingerprint density at radius 2 is 1.68 bits per heavy atom. The number of likely N-dealkylation sites (tertiary alicyclic amines) is 1. The molecule has 1 unspecified atom stereocenters. The van der Waals surface area contributed by atoms with Crippen LogP contribution in [0.4, 0.5) is 5.69 Å². The Morgan fingerprint density at radius 3 is 2.27 bits per heavy atom. The van der Waals surface area contributed by atoms with Gasteiger partial charge >= 0.3 is 0 Å². The Balaban J connectivity index is 0.00000141. The predicted molar refractivity (Wildman–Crippen MR) is 163 cm³/mol. The number of rotatable bonds is 8. The van der Waals surface area contributed by atoms with Crippen molar-refractivity contribution in [2.45, 2.75) is 45.8 Å². The Bertz CT molecular complexity index is 1300. The normalized spacial score (nSPS) is 14.6. The van der Waals surface area contributed by atoms with Gasteiger partial charge in [0.1, 0.15) is 18.1 Å². The number of carbonyl (C=O) groups is 2. The SMILES string of the molecule is CC(C)C(NC(=O)c1ccc(N)c(C(=N)c2ccc(OC3CCN(C)CC3)cc2)c1)c1ccccc1Cl.CC=O. The number of nitrogens with zero attached hydrogens (tertiary/aromatic N) is 1. The van der Waals surface area contributed by atoms with Crippen molar-refractivity contribution < 1.29 is 14.3 Å². The molecule has 0 saturated carbocycles. The first-order valence-electron chi connectivity index (χ1n) is 13.5. The summed E-state index contributed by atoms with van der Waals surface area (Å²) < 4.78 is 6.14. The van der Waals surface area contributed by atoms with E-state index < -0.39 is 0 Å². The Labute approximate surface area is 242 Å². The monoisotopic (exact) mass is 562 g/mol. The first kappa shape index (κ1) is 30.9. The summed E-state index contributed by atoms with van der Waals surface area (Å²) in [4.78, 5) is 24.3. The van der Waals surface area contributed by atoms with Crippen molar-refractivity contribution in [3.63, 3.8) is 0 Å². The molecule has 0 aliphatic carbocycles. The number of aldehydes is 1. The van der Waals surface area contributed by atoms with E-state index >= 15 is 0 Å². The van der Waals surface area contributed by atoms with Crippen molar-refractivity contribution in [2.24, 2.45) is 5.92 Å². The summed E-state index contributed by atoms with van der Waals surface area (Å²) in [7, 11) is 2.13. The van der Waals surface area contributed by atoms with Gasteiger partial charge < -0.3 is 25.5 Å². The second-order valence-corrected chi connectivity index (χ2v) is 10.7. The van der Waals surface area contributed by atoms with Crippen LogP contribution in [0.2, 0.25) is 5.02 Å². The third-order valence-electron chi connectivity index (χ3n) is 6.89. The van der Waals surface area contributed by atoms with Crippen LogP contribution in [0, 0.1) is 11.3 Å². The van der Waals surface area contributed by atoms with Gasteiger partial charge in [0.25, 0.3) is 5.91 Å². The van der Waals surface area contributed by atoms with Gasteiger partial charge in [0.05, 0.1) is 11.8 Å². The molecule has 4 N–H and O–H groups in total. The fraction of sp³-hybridized carbons (Fsp3) is 0.344. The van der Waals surface area contributed by atoms with Crippen LogP contribution >= 0.6 is 11.6 Å². The van der Waals surface area contributed by atoms with Gasteiger partial charge in [-0.2, -0.15) is 0 Å². The lowest BCUT2D eigenvalue weighted by Gasteiger charge is -2.29. The van der Waals surface area contributed by atoms with E-state index in [4.69, 9.17) is 32.3 Å². The second kappa shape index (κ2) is 14.6. The Morgan fingerprint density at radius 1 is 1.07 bits per heavy atom. The van der Waals surface area contributed by atoms with E-state index in [1.807, 2.05) is 62.4 Å². The molecule has 8 heteroatoms. The smallest absolute Gasteiger partial charge is 0.251 e. The molecule has 3 aromatic rings. The quantitative estimate of drug-likeness (QED) is 0.173. The number of carbonyl (C=O) groups excluding carboxylic acids is 2. The summed E-state index contributed by atoms with van der Waals surface area (Å²) in [6.45, 7) is 7.59. The highest BCUT2D eigenvalue weighted by molar-refractivity contribution is 6.31. The standard InChI is InChI=1S/C30H35ClN4O2.C2H4O/c1-19(2)29(24-6-4-5-7-26(24)31)34-30(36)21-10-13-27(32)25(18-21)28(33)20-8-11-22(12-9-20)37-23-14-16-35(3)17-15-23;1-2-3/h4-13,18-19,23,29,33H,14-17,32H2,1-3H3,(H,34,36);2H,1H3. The van der Waals surface area contributed by atoms with E-state index in [0.29, 0.717) is 27.4 Å². The van der Waals surface area contributed by atoms with Crippen LogP contribution in [0.3, 0.4) is 0 Å². The average Bonchev–Trinajstić information content (AvgIpc) is 2.94. The number of anilines is 1. The van der Waals surface area contributed by atoms with Crippen LogP contribution < -0.4 is 15.8 Å². The molecule has 1 saturated heterocycles. The van der Waals surface area contributed by atoms with Crippen molar-refractivity contribution in [1.82, 2.24) is 10.2 Å². The van der Waals surface area contributed by atoms with E-state index in [1.54, 1.807) is 18.2 Å². The summed E-state index contributed by atoms with van der Waals surface area (Å²) in [6.07, 6.45) is 2.98. The number of halogens is 1. The molecule has 1 aliphatic heterocycles. The van der Waals surface area contributed by atoms with Crippen molar-refractivity contribution in [3.8, 4) is 5.75 Å². The molecule has 7 nitrogen and oxygen atoms in total. The van der Waals surface area contributed by atoms with Gasteiger partial charge in [-0.3, -0.25) is 10.2 Å². The zero-order valence-corrected chi connectivity index (χ0v) is 24.4. The number of ether oxygens (including phenoxy) is 1. The molecule has 40 heavy (non-hydrogen) atoms. The van der Waals surface area contributed by atoms with Crippen LogP contribution in [-0.4, -0.2) is 49.0 Å². The minimum Gasteiger partial charge on any atom is -0.490 e. The van der Waals surface area contributed by atoms with E-state index in [-0.39, 0.29) is 29.7 Å². The zero-order valence-electron chi connectivity index (χ0n) is 23.6. The van der Waals surface area contributed by atoms with Gasteiger partial charge in [0.2, 0.25) is 0 Å². The molecule has 0 aromatic heterocycles. The number of hydrogen-bond acceptors (Lipinski definition) is 6. The van der Waals surface area contributed by atoms with E-state index in [2.05, 4.69) is 17.3 Å². The molecule has 1 amide bonds. The molecule has 1 atom stereocenters. The molecule has 212 valence electrons. The number of benzene rings is 3. The summed E-state index contributed by atoms with van der Waals surface area (Å²) >= 11 is 6.41. The maximum absolute atomic E-state index is 13.2. The molecule has 1 heterocycles. The highest BCUT2D eigenvalue weighted by atomic mass is 35.5. The average molecular weight is 563 g/mol. The summed E-state index contributed by atoms with van der Waals surface area (Å²) in [5, 5.41) is 12.5. The third-order valence-corrected chi connectivity index (χ3v) is 7.23. The highest BCUT2D eigenvalue weighted by Crippen LogP contribution is 2.29. The predicted octanol–water partition coefficient (Wildman–Crippen LogP) is 6.14. The Hall–Kier alpha value is -3.68. The van der Waals surface area contributed by atoms with E-state index in [1.165, 1.54) is 6.92 Å². The molecule has 0 bridgehead atoms. The van der Waals surface area contributed by atoms with Crippen molar-refractivity contribution in [2.75, 3.05) is 25.9 Å². The lowest BCUT2D eigenvalue weighted by molar-refractivity contribution is -0.106. The number of nitrogens with one attached hydrogen (secondary N) is 2. The number of hydrogen-bond donors (Lipinski definition) is 3. The zero-order chi connectivity index (χ0) is 29.2. The Kier molecular flexibility index (Phi) is 11.3. The van der Waals surface area contributed by atoms with Gasteiger partial charge in [-0.1, -0.05) is 43.6 Å². The van der Waals surface area contributed by atoms with Crippen LogP contribution in [0.25, 0.3) is 0 Å². The lowest BCUT2D eigenvalue weighted by atomic mass is 9.95. The molecule has 1 aliphatic rings. The van der Waals surface area contributed by atoms with Crippen LogP contribution in [0.5, 0.6) is 5.75 Å². The summed E-state index contributed by atoms with van der Waals surface area (Å²) in [6, 6.07) is 19.8. The molecule has 0 spiro atoms. The van der Waals surface area contributed by atoms with Gasteiger partial charge in [-0.05, 0) is 86.8 Å². The van der Waals surface area contributed by atoms with Crippen molar-refractivity contribution in [3.05, 3.63) is 94.0 Å². The molecular weight excluding hydrogens is 524 g/mol. The molecule has 1 fully saturated rings. The first-order valence-corrected chi connectivity index (χ1v) is 13.9. The first-order chi connectivity index (χ1) is 19.1. The van der Waals surface area contributed by atoms with Gasteiger partial charge in [-0.15, -0.1) is 0 Å². The maximum atomic E-state index is 13.2. The van der Waals surface area contributed by atoms with Gasteiger partial charge in [-0.25, -0.2) is 0 Å². The highest BCUT2D eigenvalue weighted by Gasteiger charge is 2.22. The lowest BCUT2D eigenvalue weighted by Crippen LogP contribution is -2.35. The summed E-state index contributed by atoms with van der Waals surface area (Å²) in [5.41, 5.74) is 9.46. The van der Waals surface area contributed by atoms with E-state index in [9.17, 15) is 4.79 Å². The molecule has 0 radical (unpaired) electrons. The summed E-state index contributed by atoms with van der Waals surface area (Å²) in [5.74, 6) is 0.687. The minimum atomic E-state index is -0.251. The fourth-order valence-corrected chi connectivity index (χ4v) is 4.87. The number of nitrogen functional groups attached to an aromatic ring is 1. The maximum Gasteiger partial charge on any atom is 0.251 e. The molecule has 3 aromatic carbocycles. The van der Waals surface area contributed by atoms with E-state index in [0.717, 1.165) is 43.5 Å². The fourth-order valence-electron chi connectivity index (χ4n) is 4.62. The topological polar surface area (TPSA) is 109 Å². The number of nitrogens with two attached hydrogens (primary N) is 1. The second-order valence-electron chi connectivity index (χ2n) is 10.3. The molecular formula is C32H39ClN4O3. The van der Waals surface area contributed by atoms with Gasteiger partial charge in [0.15, 0.2) is 0 Å². The van der Waals surface area contributed by atoms with Gasteiger partial charge in [0, 0.05) is 40.5 Å². The van der Waals surface area contributed by atoms with Crippen LogP contribution in [0.1, 0.15) is 66.7 Å². The van der Waals surface area contributed by atoms with Crippen molar-refractivity contribution >= 4 is 35.2 Å². The minimum absolute atomic E-state index is 0.130. The van der Waals surface area contributed by atoms with Crippen LogP contribution in [0.15, 0.2) is 66.7 Å². The number of piperidine rings is 1. The third kappa shape index (κ3) is 8.16. The largest absolute Gasteiger partial charge is 0.490 e. The van der Waals surface area contributed by atoms with Crippen LogP contribution in [-0.2, 0) is 4.79 Å². The molecule has 4 rings (SSSR count). The number of amides is 1. The van der Waals surface area contributed by atoms with Crippen molar-refractivity contribution in [1.29, 1.82) is 5.41 Å².